The molecule has 4 N–H and O–H groups in total. The lowest BCUT2D eigenvalue weighted by Crippen LogP contribution is -2.31. The highest BCUT2D eigenvalue weighted by molar-refractivity contribution is 6.35. The molecule has 0 aliphatic rings. The number of hydrogen-bond acceptors (Lipinski definition) is 2. The summed E-state index contributed by atoms with van der Waals surface area (Å²) in [7, 11) is 0. The molecule has 0 amide bonds. The Hall–Kier alpha value is -0.280. The molecule has 0 bridgehead atoms. The standard InChI is InChI=1S/C12H18Cl2N2/c1-12(2,5-6-15)11(16)9-4-3-8(13)7-10(9)14/h3-4,7,11H,5-6,15-16H2,1-2H3. The highest BCUT2D eigenvalue weighted by Crippen LogP contribution is 2.37. The molecule has 2 nitrogen and oxygen atoms in total. The molecule has 1 atom stereocenters. The first-order valence-corrected chi connectivity index (χ1v) is 6.04. The minimum absolute atomic E-state index is 0.0772. The number of halogens is 2. The molecule has 0 saturated heterocycles. The van der Waals surface area contributed by atoms with E-state index >= 15 is 0 Å². The lowest BCUT2D eigenvalue weighted by atomic mass is 9.78. The number of rotatable bonds is 4. The summed E-state index contributed by atoms with van der Waals surface area (Å²) in [5, 5.41) is 1.24. The Morgan fingerprint density at radius 3 is 2.44 bits per heavy atom. The van der Waals surface area contributed by atoms with E-state index in [-0.39, 0.29) is 11.5 Å². The molecule has 0 fully saturated rings. The minimum atomic E-state index is -0.138. The SMILES string of the molecule is CC(C)(CCN)C(N)c1ccc(Cl)cc1Cl. The first kappa shape index (κ1) is 13.8. The fourth-order valence-corrected chi connectivity index (χ4v) is 2.23. The molecule has 16 heavy (non-hydrogen) atoms. The van der Waals surface area contributed by atoms with Crippen molar-refractivity contribution in [2.45, 2.75) is 26.3 Å². The Morgan fingerprint density at radius 2 is 1.94 bits per heavy atom. The van der Waals surface area contributed by atoms with Crippen LogP contribution in [0.1, 0.15) is 31.9 Å². The summed E-state index contributed by atoms with van der Waals surface area (Å²) in [6.45, 7) is 4.80. The van der Waals surface area contributed by atoms with Gasteiger partial charge >= 0.3 is 0 Å². The average molecular weight is 261 g/mol. The predicted molar refractivity (Wildman–Crippen MR) is 70.8 cm³/mol. The molecule has 1 unspecified atom stereocenters. The van der Waals surface area contributed by atoms with Gasteiger partial charge in [-0.15, -0.1) is 0 Å². The largest absolute Gasteiger partial charge is 0.330 e. The van der Waals surface area contributed by atoms with Gasteiger partial charge in [0.15, 0.2) is 0 Å². The van der Waals surface area contributed by atoms with Crippen molar-refractivity contribution in [3.63, 3.8) is 0 Å². The fraction of sp³-hybridized carbons (Fsp3) is 0.500. The van der Waals surface area contributed by atoms with E-state index in [9.17, 15) is 0 Å². The maximum Gasteiger partial charge on any atom is 0.0468 e. The zero-order valence-corrected chi connectivity index (χ0v) is 11.1. The maximum absolute atomic E-state index is 6.23. The van der Waals surface area contributed by atoms with E-state index in [0.717, 1.165) is 12.0 Å². The topological polar surface area (TPSA) is 52.0 Å². The molecule has 0 heterocycles. The van der Waals surface area contributed by atoms with E-state index in [1.165, 1.54) is 0 Å². The molecule has 0 aliphatic heterocycles. The molecule has 1 aromatic carbocycles. The molecule has 0 spiro atoms. The third-order valence-corrected chi connectivity index (χ3v) is 3.49. The van der Waals surface area contributed by atoms with Crippen LogP contribution >= 0.6 is 23.2 Å². The van der Waals surface area contributed by atoms with Crippen molar-refractivity contribution in [1.29, 1.82) is 0 Å². The van der Waals surface area contributed by atoms with E-state index in [1.807, 2.05) is 6.07 Å². The van der Waals surface area contributed by atoms with Gasteiger partial charge in [0.1, 0.15) is 0 Å². The minimum Gasteiger partial charge on any atom is -0.330 e. The normalized spacial score (nSPS) is 13.9. The fourth-order valence-electron chi connectivity index (χ4n) is 1.70. The van der Waals surface area contributed by atoms with Crippen molar-refractivity contribution in [3.05, 3.63) is 33.8 Å². The van der Waals surface area contributed by atoms with Gasteiger partial charge in [0.2, 0.25) is 0 Å². The van der Waals surface area contributed by atoms with E-state index in [2.05, 4.69) is 13.8 Å². The van der Waals surface area contributed by atoms with Crippen LogP contribution in [0, 0.1) is 5.41 Å². The Bertz CT molecular complexity index is 364. The molecule has 4 heteroatoms. The lowest BCUT2D eigenvalue weighted by Gasteiger charge is -2.32. The quantitative estimate of drug-likeness (QED) is 0.873. The summed E-state index contributed by atoms with van der Waals surface area (Å²) in [5.41, 5.74) is 12.7. The molecule has 90 valence electrons. The number of hydrogen-bond donors (Lipinski definition) is 2. The maximum atomic E-state index is 6.23. The summed E-state index contributed by atoms with van der Waals surface area (Å²) in [6, 6.07) is 5.27. The molecule has 1 rings (SSSR count). The third kappa shape index (κ3) is 3.11. The van der Waals surface area contributed by atoms with Crippen LogP contribution in [0.15, 0.2) is 18.2 Å². The Labute approximate surface area is 107 Å². The van der Waals surface area contributed by atoms with Crippen molar-refractivity contribution in [2.24, 2.45) is 16.9 Å². The van der Waals surface area contributed by atoms with Gasteiger partial charge in [-0.2, -0.15) is 0 Å². The Kier molecular flexibility index (Phi) is 4.62. The van der Waals surface area contributed by atoms with Gasteiger partial charge in [0, 0.05) is 16.1 Å². The molecular formula is C12H18Cl2N2. The highest BCUT2D eigenvalue weighted by Gasteiger charge is 2.28. The summed E-state index contributed by atoms with van der Waals surface area (Å²) >= 11 is 12.0. The monoisotopic (exact) mass is 260 g/mol. The zero-order valence-electron chi connectivity index (χ0n) is 9.63. The third-order valence-electron chi connectivity index (χ3n) is 2.93. The van der Waals surface area contributed by atoms with Crippen LogP contribution in [0.2, 0.25) is 10.0 Å². The van der Waals surface area contributed by atoms with Crippen molar-refractivity contribution < 1.29 is 0 Å². The van der Waals surface area contributed by atoms with E-state index < -0.39 is 0 Å². The van der Waals surface area contributed by atoms with Crippen molar-refractivity contribution in [3.8, 4) is 0 Å². The second-order valence-corrected chi connectivity index (χ2v) is 5.51. The van der Waals surface area contributed by atoms with Crippen LogP contribution in [0.5, 0.6) is 0 Å². The second-order valence-electron chi connectivity index (χ2n) is 4.67. The molecular weight excluding hydrogens is 243 g/mol. The number of benzene rings is 1. The van der Waals surface area contributed by atoms with Gasteiger partial charge in [-0.05, 0) is 36.1 Å². The first-order valence-electron chi connectivity index (χ1n) is 5.29. The van der Waals surface area contributed by atoms with E-state index in [4.69, 9.17) is 34.7 Å². The summed E-state index contributed by atoms with van der Waals surface area (Å²) in [5.74, 6) is 0. The number of nitrogens with two attached hydrogens (primary N) is 2. The van der Waals surface area contributed by atoms with Crippen LogP contribution in [0.4, 0.5) is 0 Å². The molecule has 0 aliphatic carbocycles. The second kappa shape index (κ2) is 5.37. The predicted octanol–water partition coefficient (Wildman–Crippen LogP) is 3.37. The van der Waals surface area contributed by atoms with Crippen LogP contribution in [-0.2, 0) is 0 Å². The van der Waals surface area contributed by atoms with Crippen LogP contribution in [-0.4, -0.2) is 6.54 Å². The van der Waals surface area contributed by atoms with Crippen LogP contribution in [0.3, 0.4) is 0 Å². The van der Waals surface area contributed by atoms with E-state index in [1.54, 1.807) is 12.1 Å². The van der Waals surface area contributed by atoms with Gasteiger partial charge < -0.3 is 11.5 Å². The smallest absolute Gasteiger partial charge is 0.0468 e. The Morgan fingerprint density at radius 1 is 1.31 bits per heavy atom. The van der Waals surface area contributed by atoms with Crippen LogP contribution in [0.25, 0.3) is 0 Å². The van der Waals surface area contributed by atoms with E-state index in [0.29, 0.717) is 16.6 Å². The Balaban J connectivity index is 3.00. The van der Waals surface area contributed by atoms with Crippen molar-refractivity contribution in [1.82, 2.24) is 0 Å². The van der Waals surface area contributed by atoms with Gasteiger partial charge in [-0.3, -0.25) is 0 Å². The molecule has 1 aromatic rings. The van der Waals surface area contributed by atoms with Crippen LogP contribution < -0.4 is 11.5 Å². The van der Waals surface area contributed by atoms with Gasteiger partial charge in [-0.1, -0.05) is 43.1 Å². The van der Waals surface area contributed by atoms with Gasteiger partial charge in [0.05, 0.1) is 0 Å². The molecule has 0 aromatic heterocycles. The first-order chi connectivity index (χ1) is 7.38. The highest BCUT2D eigenvalue weighted by atomic mass is 35.5. The van der Waals surface area contributed by atoms with Crippen molar-refractivity contribution in [2.75, 3.05) is 6.54 Å². The summed E-state index contributed by atoms with van der Waals surface area (Å²) in [6.07, 6.45) is 0.854. The average Bonchev–Trinajstić information content (AvgIpc) is 2.16. The van der Waals surface area contributed by atoms with Gasteiger partial charge in [0.25, 0.3) is 0 Å². The van der Waals surface area contributed by atoms with Gasteiger partial charge in [-0.25, -0.2) is 0 Å². The zero-order chi connectivity index (χ0) is 12.3. The summed E-state index contributed by atoms with van der Waals surface area (Å²) < 4.78 is 0. The van der Waals surface area contributed by atoms with Crippen molar-refractivity contribution >= 4 is 23.2 Å². The molecule has 0 saturated carbocycles. The lowest BCUT2D eigenvalue weighted by molar-refractivity contribution is 0.271. The molecule has 0 radical (unpaired) electrons. The summed E-state index contributed by atoms with van der Waals surface area (Å²) in [4.78, 5) is 0.